The summed E-state index contributed by atoms with van der Waals surface area (Å²) in [7, 11) is 0. The number of amides is 2. The van der Waals surface area contributed by atoms with E-state index in [2.05, 4.69) is 10.6 Å². The molecular formula is C7H10Cl2N2O4. The Bertz CT molecular complexity index is 259. The molecule has 0 aliphatic heterocycles. The van der Waals surface area contributed by atoms with Gasteiger partial charge in [0.25, 0.3) is 0 Å². The lowest BCUT2D eigenvalue weighted by molar-refractivity contribution is -0.141. The number of hydrogen-bond donors (Lipinski definition) is 3. The van der Waals surface area contributed by atoms with E-state index in [1.54, 1.807) is 0 Å². The zero-order valence-corrected chi connectivity index (χ0v) is 9.14. The number of nitrogens with one attached hydrogen (secondary N) is 2. The molecule has 0 fully saturated rings. The van der Waals surface area contributed by atoms with Crippen LogP contribution in [0.2, 0.25) is 0 Å². The number of hydrogen-bond acceptors (Lipinski definition) is 3. The summed E-state index contributed by atoms with van der Waals surface area (Å²) in [6.45, 7) is -0.233. The van der Waals surface area contributed by atoms with Crippen molar-refractivity contribution in [1.82, 2.24) is 10.6 Å². The molecule has 0 heterocycles. The molecule has 0 aromatic carbocycles. The molecule has 0 saturated heterocycles. The van der Waals surface area contributed by atoms with Crippen molar-refractivity contribution in [3.63, 3.8) is 0 Å². The second-order valence-electron chi connectivity index (χ2n) is 2.53. The number of alkyl halides is 2. The van der Waals surface area contributed by atoms with Crippen LogP contribution in [0.1, 0.15) is 0 Å². The van der Waals surface area contributed by atoms with Crippen LogP contribution < -0.4 is 10.6 Å². The number of carbonyl (C=O) groups is 3. The van der Waals surface area contributed by atoms with Gasteiger partial charge in [0, 0.05) is 6.54 Å². The van der Waals surface area contributed by atoms with Crippen LogP contribution in [-0.2, 0) is 14.4 Å². The normalized spacial score (nSPS) is 11.6. The first-order valence-electron chi connectivity index (χ1n) is 3.92. The van der Waals surface area contributed by atoms with Gasteiger partial charge in [0.05, 0.1) is 0 Å². The molecule has 3 N–H and O–H groups in total. The van der Waals surface area contributed by atoms with Gasteiger partial charge in [-0.3, -0.25) is 9.59 Å². The minimum Gasteiger partial charge on any atom is -0.480 e. The lowest BCUT2D eigenvalue weighted by Crippen LogP contribution is -2.49. The first-order chi connectivity index (χ1) is 7.01. The first-order valence-corrected chi connectivity index (χ1v) is 4.99. The fraction of sp³-hybridized carbons (Fsp3) is 0.571. The molecule has 0 aromatic rings. The third kappa shape index (κ3) is 6.14. The summed E-state index contributed by atoms with van der Waals surface area (Å²) in [4.78, 5) is 32.1. The van der Waals surface area contributed by atoms with Gasteiger partial charge >= 0.3 is 5.97 Å². The fourth-order valence-corrected chi connectivity index (χ4v) is 0.868. The predicted molar refractivity (Wildman–Crippen MR) is 54.0 cm³/mol. The van der Waals surface area contributed by atoms with Crippen LogP contribution in [-0.4, -0.2) is 47.2 Å². The van der Waals surface area contributed by atoms with Gasteiger partial charge in [0.2, 0.25) is 11.8 Å². The molecule has 86 valence electrons. The molecule has 0 saturated carbocycles. The Kier molecular flexibility index (Phi) is 6.81. The maximum Gasteiger partial charge on any atom is 0.328 e. The van der Waals surface area contributed by atoms with Gasteiger partial charge in [-0.05, 0) is 0 Å². The highest BCUT2D eigenvalue weighted by molar-refractivity contribution is 6.27. The van der Waals surface area contributed by atoms with Crippen molar-refractivity contribution in [2.24, 2.45) is 0 Å². The molecule has 15 heavy (non-hydrogen) atoms. The zero-order chi connectivity index (χ0) is 11.8. The highest BCUT2D eigenvalue weighted by atomic mass is 35.5. The van der Waals surface area contributed by atoms with Crippen LogP contribution >= 0.6 is 23.2 Å². The highest BCUT2D eigenvalue weighted by Gasteiger charge is 2.19. The average molecular weight is 257 g/mol. The van der Waals surface area contributed by atoms with Crippen molar-refractivity contribution in [2.75, 3.05) is 18.3 Å². The first kappa shape index (κ1) is 14.0. The molecular weight excluding hydrogens is 247 g/mol. The Morgan fingerprint density at radius 1 is 1.13 bits per heavy atom. The Morgan fingerprint density at radius 2 is 1.67 bits per heavy atom. The minimum atomic E-state index is -1.26. The number of carboxylic acids is 1. The van der Waals surface area contributed by atoms with Crippen molar-refractivity contribution in [1.29, 1.82) is 0 Å². The molecule has 2 amide bonds. The molecule has 0 unspecified atom stereocenters. The van der Waals surface area contributed by atoms with Crippen molar-refractivity contribution in [3.05, 3.63) is 0 Å². The number of halogens is 2. The summed E-state index contributed by atoms with van der Waals surface area (Å²) in [5.41, 5.74) is 0. The van der Waals surface area contributed by atoms with Crippen molar-refractivity contribution < 1.29 is 19.5 Å². The molecule has 0 bridgehead atoms. The molecule has 0 aromatic heterocycles. The summed E-state index contributed by atoms with van der Waals surface area (Å²) in [6.07, 6.45) is 0. The quantitative estimate of drug-likeness (QED) is 0.540. The molecule has 0 rings (SSSR count). The maximum atomic E-state index is 10.8. The Balaban J connectivity index is 4.11. The van der Waals surface area contributed by atoms with Gasteiger partial charge in [0.1, 0.15) is 17.8 Å². The summed E-state index contributed by atoms with van der Waals surface area (Å²) < 4.78 is 0. The fourth-order valence-electron chi connectivity index (χ4n) is 0.696. The van der Waals surface area contributed by atoms with E-state index in [9.17, 15) is 14.4 Å². The monoisotopic (exact) mass is 256 g/mol. The zero-order valence-electron chi connectivity index (χ0n) is 7.63. The molecule has 0 aliphatic carbocycles. The minimum absolute atomic E-state index is 0.233. The summed E-state index contributed by atoms with van der Waals surface area (Å²) in [5.74, 6) is -3.00. The van der Waals surface area contributed by atoms with E-state index in [0.29, 0.717) is 0 Å². The topological polar surface area (TPSA) is 95.5 Å². The van der Waals surface area contributed by atoms with Gasteiger partial charge in [-0.15, -0.1) is 23.2 Å². The lowest BCUT2D eigenvalue weighted by atomic mass is 10.3. The highest BCUT2D eigenvalue weighted by Crippen LogP contribution is 1.85. The predicted octanol–water partition coefficient (Wildman–Crippen LogP) is -0.850. The van der Waals surface area contributed by atoms with Crippen molar-refractivity contribution in [2.45, 2.75) is 6.04 Å². The van der Waals surface area contributed by atoms with Gasteiger partial charge in [0.15, 0.2) is 0 Å². The summed E-state index contributed by atoms with van der Waals surface area (Å²) in [5, 5.41) is 13.0. The second-order valence-corrected chi connectivity index (χ2v) is 3.06. The van der Waals surface area contributed by atoms with Crippen LogP contribution in [0.4, 0.5) is 0 Å². The van der Waals surface area contributed by atoms with Crippen LogP contribution in [0.15, 0.2) is 0 Å². The SMILES string of the molecule is O=C(CCl)NC[C@H](NC(=O)CCl)C(=O)O. The van der Waals surface area contributed by atoms with Crippen LogP contribution in [0, 0.1) is 0 Å². The smallest absolute Gasteiger partial charge is 0.328 e. The molecule has 0 aliphatic rings. The Labute approximate surface area is 95.9 Å². The van der Waals surface area contributed by atoms with E-state index < -0.39 is 23.8 Å². The van der Waals surface area contributed by atoms with Crippen LogP contribution in [0.25, 0.3) is 0 Å². The number of aliphatic carboxylic acids is 1. The number of carboxylic acid groups (broad SMARTS) is 1. The molecule has 6 nitrogen and oxygen atoms in total. The number of rotatable bonds is 6. The van der Waals surface area contributed by atoms with E-state index >= 15 is 0 Å². The molecule has 1 atom stereocenters. The van der Waals surface area contributed by atoms with Gasteiger partial charge in [-0.2, -0.15) is 0 Å². The lowest BCUT2D eigenvalue weighted by Gasteiger charge is -2.13. The van der Waals surface area contributed by atoms with Gasteiger partial charge in [-0.1, -0.05) is 0 Å². The third-order valence-corrected chi connectivity index (χ3v) is 1.86. The summed E-state index contributed by atoms with van der Waals surface area (Å²) in [6, 6.07) is -1.21. The van der Waals surface area contributed by atoms with Gasteiger partial charge < -0.3 is 15.7 Å². The Hall–Kier alpha value is -1.01. The number of carbonyl (C=O) groups excluding carboxylic acids is 2. The van der Waals surface area contributed by atoms with Crippen molar-refractivity contribution in [3.8, 4) is 0 Å². The molecule has 8 heteroatoms. The standard InChI is InChI=1S/C7H10Cl2N2O4/c8-1-5(12)10-3-4(7(14)15)11-6(13)2-9/h4H,1-3H2,(H,10,12)(H,11,13)(H,14,15)/t4-/m0/s1. The largest absolute Gasteiger partial charge is 0.480 e. The van der Waals surface area contributed by atoms with E-state index in [4.69, 9.17) is 28.3 Å². The maximum absolute atomic E-state index is 10.8. The third-order valence-electron chi connectivity index (χ3n) is 1.38. The van der Waals surface area contributed by atoms with E-state index in [-0.39, 0.29) is 18.3 Å². The molecule has 0 spiro atoms. The van der Waals surface area contributed by atoms with E-state index in [1.165, 1.54) is 0 Å². The Morgan fingerprint density at radius 3 is 2.07 bits per heavy atom. The molecule has 0 radical (unpaired) electrons. The second kappa shape index (κ2) is 7.30. The van der Waals surface area contributed by atoms with Crippen LogP contribution in [0.3, 0.4) is 0 Å². The van der Waals surface area contributed by atoms with E-state index in [0.717, 1.165) is 0 Å². The van der Waals surface area contributed by atoms with E-state index in [1.807, 2.05) is 0 Å². The van der Waals surface area contributed by atoms with Crippen molar-refractivity contribution >= 4 is 41.0 Å². The average Bonchev–Trinajstić information content (AvgIpc) is 2.22. The van der Waals surface area contributed by atoms with Gasteiger partial charge in [-0.25, -0.2) is 4.79 Å². The van der Waals surface area contributed by atoms with Crippen LogP contribution in [0.5, 0.6) is 0 Å². The summed E-state index contributed by atoms with van der Waals surface area (Å²) >= 11 is 10.4.